The van der Waals surface area contributed by atoms with Crippen LogP contribution in [-0.2, 0) is 10.5 Å². The largest absolute Gasteiger partial charge is 0.493 e. The van der Waals surface area contributed by atoms with E-state index < -0.39 is 0 Å². The number of H-pyrrole nitrogens is 1. The minimum absolute atomic E-state index is 0.652. The van der Waals surface area contributed by atoms with Gasteiger partial charge < -0.3 is 9.47 Å². The van der Waals surface area contributed by atoms with Crippen molar-refractivity contribution in [1.29, 1.82) is 0 Å². The molecule has 0 amide bonds. The lowest BCUT2D eigenvalue weighted by Gasteiger charge is -2.14. The van der Waals surface area contributed by atoms with Crippen LogP contribution in [0.1, 0.15) is 24.6 Å². The number of para-hydroxylation sites is 2. The Morgan fingerprint density at radius 2 is 2.00 bits per heavy atom. The number of rotatable bonds is 10. The van der Waals surface area contributed by atoms with Crippen LogP contribution in [0.3, 0.4) is 0 Å². The van der Waals surface area contributed by atoms with Crippen molar-refractivity contribution in [3.05, 3.63) is 47.8 Å². The van der Waals surface area contributed by atoms with Crippen molar-refractivity contribution in [2.45, 2.75) is 26.0 Å². The second kappa shape index (κ2) is 10.0. The van der Waals surface area contributed by atoms with Gasteiger partial charge in [-0.2, -0.15) is 0 Å². The number of nitrogens with zero attached hydrogens (tertiary/aromatic N) is 2. The quantitative estimate of drug-likeness (QED) is 0.307. The van der Waals surface area contributed by atoms with Gasteiger partial charge in [0.05, 0.1) is 18.6 Å². The third-order valence-corrected chi connectivity index (χ3v) is 6.57. The fourth-order valence-electron chi connectivity index (χ4n) is 2.83. The summed E-state index contributed by atoms with van der Waals surface area (Å²) in [5.41, 5.74) is 4.36. The molecule has 0 unspecified atom stereocenters. The number of methoxy groups -OCH3 is 1. The Labute approximate surface area is 168 Å². The summed E-state index contributed by atoms with van der Waals surface area (Å²) in [6, 6.07) is 10.1. The van der Waals surface area contributed by atoms with E-state index in [4.69, 9.17) is 14.5 Å². The van der Waals surface area contributed by atoms with Crippen molar-refractivity contribution in [3.8, 4) is 11.7 Å². The number of pyridine rings is 1. The molecule has 0 aliphatic rings. The number of hydrogen-bond donors (Lipinski definition) is 1. The zero-order valence-electron chi connectivity index (χ0n) is 16.0. The third kappa shape index (κ3) is 4.97. The first kappa shape index (κ1) is 20.0. The van der Waals surface area contributed by atoms with Gasteiger partial charge in [-0.05, 0) is 19.1 Å². The fraction of sp³-hybridized carbons (Fsp3) is 0.400. The van der Waals surface area contributed by atoms with Crippen molar-refractivity contribution < 1.29 is 14.0 Å². The number of hydrogen-bond acceptors (Lipinski definition) is 5. The summed E-state index contributed by atoms with van der Waals surface area (Å²) >= 11 is 0. The highest BCUT2D eigenvalue weighted by Crippen LogP contribution is 2.29. The maximum Gasteiger partial charge on any atom is 0.402 e. The second-order valence-electron chi connectivity index (χ2n) is 6.06. The summed E-state index contributed by atoms with van der Waals surface area (Å²) < 4.78 is 13.2. The number of aromatic nitrogens is 3. The Hall–Kier alpha value is -1.70. The first-order valence-corrected chi connectivity index (χ1v) is 11.6. The molecule has 0 saturated carbocycles. The minimum atomic E-state index is 0.652. The van der Waals surface area contributed by atoms with Gasteiger partial charge in [0, 0.05) is 37.5 Å². The number of benzene rings is 1. The summed E-state index contributed by atoms with van der Waals surface area (Å²) in [6.45, 7) is 5.66. The van der Waals surface area contributed by atoms with E-state index in [0.29, 0.717) is 13.2 Å². The van der Waals surface area contributed by atoms with Gasteiger partial charge in [0.2, 0.25) is 0 Å². The zero-order chi connectivity index (χ0) is 19.1. The lowest BCUT2D eigenvalue weighted by Crippen LogP contribution is -2.37. The average Bonchev–Trinajstić information content (AvgIpc) is 3.11. The molecule has 2 heterocycles. The molecule has 3 aromatic rings. The van der Waals surface area contributed by atoms with Crippen molar-refractivity contribution in [2.24, 2.45) is 0 Å². The molecule has 0 aliphatic carbocycles. The van der Waals surface area contributed by atoms with E-state index in [1.807, 2.05) is 58.1 Å². The lowest BCUT2D eigenvalue weighted by atomic mass is 10.2. The maximum atomic E-state index is 6.00. The average molecular weight is 405 g/mol. The summed E-state index contributed by atoms with van der Waals surface area (Å²) in [4.78, 5) is 8.19. The lowest BCUT2D eigenvalue weighted by molar-refractivity contribution is -0.610. The first-order valence-electron chi connectivity index (χ1n) is 9.10. The molecular weight excluding hydrogens is 378 g/mol. The van der Waals surface area contributed by atoms with Crippen LogP contribution < -0.4 is 9.30 Å². The molecule has 1 aromatic carbocycles. The summed E-state index contributed by atoms with van der Waals surface area (Å²) in [5.74, 6) is 3.73. The summed E-state index contributed by atoms with van der Waals surface area (Å²) in [5, 5.41) is 0. The van der Waals surface area contributed by atoms with Gasteiger partial charge in [0.1, 0.15) is 17.0 Å². The summed E-state index contributed by atoms with van der Waals surface area (Å²) in [7, 11) is 5.43. The smallest absolute Gasteiger partial charge is 0.402 e. The van der Waals surface area contributed by atoms with Crippen LogP contribution in [0, 0.1) is 6.92 Å². The normalized spacial score (nSPS) is 11.2. The van der Waals surface area contributed by atoms with Crippen LogP contribution in [-0.4, -0.2) is 36.0 Å². The Morgan fingerprint density at radius 1 is 1.15 bits per heavy atom. The van der Waals surface area contributed by atoms with Crippen LogP contribution in [0.5, 0.6) is 5.75 Å². The molecule has 0 atom stereocenters. The van der Waals surface area contributed by atoms with Gasteiger partial charge in [0.25, 0.3) is 0 Å². The Balaban J connectivity index is 1.92. The fourth-order valence-corrected chi connectivity index (χ4v) is 4.63. The number of ether oxygens (including phenoxy) is 2. The number of aromatic amines is 1. The van der Waals surface area contributed by atoms with Gasteiger partial charge in [0.15, 0.2) is 5.52 Å². The van der Waals surface area contributed by atoms with Gasteiger partial charge in [-0.1, -0.05) is 45.6 Å². The zero-order valence-corrected chi connectivity index (χ0v) is 17.7. The molecule has 144 valence electrons. The van der Waals surface area contributed by atoms with E-state index in [1.54, 1.807) is 7.11 Å². The highest BCUT2D eigenvalue weighted by molar-refractivity contribution is 8.76. The first-order chi connectivity index (χ1) is 13.2. The highest BCUT2D eigenvalue weighted by atomic mass is 33.1. The van der Waals surface area contributed by atoms with Crippen LogP contribution in [0.25, 0.3) is 17.0 Å². The molecule has 0 fully saturated rings. The molecule has 1 N–H and O–H groups in total. The van der Waals surface area contributed by atoms with E-state index in [9.17, 15) is 0 Å². The molecule has 27 heavy (non-hydrogen) atoms. The van der Waals surface area contributed by atoms with E-state index in [-0.39, 0.29) is 0 Å². The van der Waals surface area contributed by atoms with Gasteiger partial charge >= 0.3 is 5.95 Å². The predicted molar refractivity (Wildman–Crippen MR) is 114 cm³/mol. The van der Waals surface area contributed by atoms with Crippen LogP contribution >= 0.6 is 21.6 Å². The Bertz CT molecular complexity index is 850. The van der Waals surface area contributed by atoms with E-state index in [1.165, 1.54) is 5.69 Å². The third-order valence-electron chi connectivity index (χ3n) is 4.22. The Morgan fingerprint density at radius 3 is 2.78 bits per heavy atom. The molecule has 5 nitrogen and oxygen atoms in total. The monoisotopic (exact) mass is 404 g/mol. The number of imidazole rings is 1. The SMILES string of the molecule is CCSSCc1c(C)c(OCCCOC)cc[n+]1-c1nc2ccccc2[nH]1. The number of fused-ring (bicyclic) bond motifs is 1. The van der Waals surface area contributed by atoms with Crippen molar-refractivity contribution >= 4 is 32.6 Å². The predicted octanol–water partition coefficient (Wildman–Crippen LogP) is 4.46. The highest BCUT2D eigenvalue weighted by Gasteiger charge is 2.20. The minimum Gasteiger partial charge on any atom is -0.493 e. The van der Waals surface area contributed by atoms with Gasteiger partial charge in [-0.15, -0.1) is 0 Å². The van der Waals surface area contributed by atoms with Crippen molar-refractivity contribution in [3.63, 3.8) is 0 Å². The standard InChI is InChI=1S/C20H26N3O2S2/c1-4-26-27-14-18-15(2)19(25-13-7-12-24-3)10-11-23(18)20-21-16-8-5-6-9-17(16)22-20/h5-6,8-11H,4,7,12-14H2,1-3H3,(H,21,22)/q+1. The van der Waals surface area contributed by atoms with Gasteiger partial charge in [-0.25, -0.2) is 9.55 Å². The molecule has 0 radical (unpaired) electrons. The van der Waals surface area contributed by atoms with E-state index >= 15 is 0 Å². The van der Waals surface area contributed by atoms with Crippen LogP contribution in [0.2, 0.25) is 0 Å². The molecule has 0 saturated heterocycles. The molecule has 3 rings (SSSR count). The van der Waals surface area contributed by atoms with Crippen LogP contribution in [0.15, 0.2) is 36.5 Å². The van der Waals surface area contributed by atoms with Gasteiger partial charge in [-0.3, -0.25) is 0 Å². The molecule has 0 bridgehead atoms. The van der Waals surface area contributed by atoms with E-state index in [2.05, 4.69) is 23.4 Å². The maximum absolute atomic E-state index is 6.00. The second-order valence-corrected chi connectivity index (χ2v) is 8.81. The molecule has 0 aliphatic heterocycles. The van der Waals surface area contributed by atoms with Crippen molar-refractivity contribution in [2.75, 3.05) is 26.1 Å². The molecule has 2 aromatic heterocycles. The van der Waals surface area contributed by atoms with E-state index in [0.717, 1.165) is 46.2 Å². The Kier molecular flexibility index (Phi) is 7.43. The molecule has 0 spiro atoms. The molecular formula is C20H26N3O2S2+. The molecule has 7 heteroatoms. The van der Waals surface area contributed by atoms with Crippen molar-refractivity contribution in [1.82, 2.24) is 9.97 Å². The topological polar surface area (TPSA) is 51.0 Å². The number of nitrogens with one attached hydrogen (secondary N) is 1. The van der Waals surface area contributed by atoms with Crippen LogP contribution in [0.4, 0.5) is 0 Å². The summed E-state index contributed by atoms with van der Waals surface area (Å²) in [6.07, 6.45) is 2.92.